The van der Waals surface area contributed by atoms with Crippen molar-refractivity contribution in [2.75, 3.05) is 32.1 Å². The average Bonchev–Trinajstić information content (AvgIpc) is 3.10. The number of β-amino-alcohol motifs (C(OH)–C–C–N with tert-alkyl or cyclic N) is 1. The smallest absolute Gasteiger partial charge is 0.260 e. The molecule has 1 aromatic heterocycles. The molecular weight excluding hydrogens is 332 g/mol. The van der Waals surface area contributed by atoms with Crippen molar-refractivity contribution >= 4 is 11.7 Å². The molecule has 7 heteroatoms. The van der Waals surface area contributed by atoms with Gasteiger partial charge in [0.25, 0.3) is 5.91 Å². The van der Waals surface area contributed by atoms with E-state index in [4.69, 9.17) is 4.74 Å². The Kier molecular flexibility index (Phi) is 5.90. The molecule has 0 spiro atoms. The minimum atomic E-state index is -0.313. The SMILES string of the molecule is COc1ccccc1C(=O)Nc1ccnn1C1CCN(C[C@@H](C)O)CC1. The standard InChI is InChI=1S/C19H26N4O3/c1-14(24)13-22-11-8-15(9-12-22)23-18(7-10-20-23)21-19(25)16-5-3-4-6-17(16)26-2/h3-7,10,14-15,24H,8-9,11-13H2,1-2H3,(H,21,25)/t14-/m1/s1. The van der Waals surface area contributed by atoms with Crippen LogP contribution >= 0.6 is 0 Å². The van der Waals surface area contributed by atoms with Crippen LogP contribution in [0.2, 0.25) is 0 Å². The van der Waals surface area contributed by atoms with Gasteiger partial charge in [-0.25, -0.2) is 4.68 Å². The third-order valence-electron chi connectivity index (χ3n) is 4.69. The van der Waals surface area contributed by atoms with Gasteiger partial charge in [-0.3, -0.25) is 4.79 Å². The van der Waals surface area contributed by atoms with E-state index in [2.05, 4.69) is 15.3 Å². The largest absolute Gasteiger partial charge is 0.496 e. The van der Waals surface area contributed by atoms with E-state index in [1.165, 1.54) is 0 Å². The number of carbonyl (C=O) groups is 1. The number of carbonyl (C=O) groups excluding carboxylic acids is 1. The lowest BCUT2D eigenvalue weighted by Gasteiger charge is -2.33. The summed E-state index contributed by atoms with van der Waals surface area (Å²) in [5.74, 6) is 1.02. The van der Waals surface area contributed by atoms with Crippen molar-refractivity contribution in [1.29, 1.82) is 0 Å². The van der Waals surface area contributed by atoms with Crippen LogP contribution in [0, 0.1) is 0 Å². The number of piperidine rings is 1. The Hall–Kier alpha value is -2.38. The van der Waals surface area contributed by atoms with Crippen molar-refractivity contribution in [2.45, 2.75) is 31.9 Å². The number of aromatic nitrogens is 2. The molecule has 7 nitrogen and oxygen atoms in total. The first-order valence-electron chi connectivity index (χ1n) is 8.96. The summed E-state index contributed by atoms with van der Waals surface area (Å²) < 4.78 is 7.16. The number of para-hydroxylation sites is 1. The van der Waals surface area contributed by atoms with Gasteiger partial charge in [-0.2, -0.15) is 5.10 Å². The Balaban J connectivity index is 1.67. The molecule has 0 bridgehead atoms. The van der Waals surface area contributed by atoms with E-state index in [1.54, 1.807) is 25.4 Å². The number of likely N-dealkylation sites (tertiary alicyclic amines) is 1. The first-order chi connectivity index (χ1) is 12.6. The highest BCUT2D eigenvalue weighted by Crippen LogP contribution is 2.26. The maximum absolute atomic E-state index is 12.6. The van der Waals surface area contributed by atoms with Gasteiger partial charge in [-0.05, 0) is 31.9 Å². The van der Waals surface area contributed by atoms with Crippen LogP contribution < -0.4 is 10.1 Å². The number of amides is 1. The summed E-state index contributed by atoms with van der Waals surface area (Å²) in [6, 6.07) is 9.21. The van der Waals surface area contributed by atoms with Crippen LogP contribution in [0.3, 0.4) is 0 Å². The van der Waals surface area contributed by atoms with Gasteiger partial charge in [-0.15, -0.1) is 0 Å². The van der Waals surface area contributed by atoms with Crippen LogP contribution in [0.15, 0.2) is 36.5 Å². The second kappa shape index (κ2) is 8.33. The van der Waals surface area contributed by atoms with Gasteiger partial charge in [-0.1, -0.05) is 12.1 Å². The molecule has 3 rings (SSSR count). The van der Waals surface area contributed by atoms with Crippen molar-refractivity contribution in [3.05, 3.63) is 42.1 Å². The zero-order chi connectivity index (χ0) is 18.5. The molecule has 1 aromatic carbocycles. The van der Waals surface area contributed by atoms with Crippen molar-refractivity contribution < 1.29 is 14.6 Å². The molecule has 2 aromatic rings. The first kappa shape index (κ1) is 18.4. The Morgan fingerprint density at radius 1 is 1.35 bits per heavy atom. The fourth-order valence-corrected chi connectivity index (χ4v) is 3.44. The highest BCUT2D eigenvalue weighted by atomic mass is 16.5. The molecule has 0 radical (unpaired) electrons. The number of anilines is 1. The summed E-state index contributed by atoms with van der Waals surface area (Å²) in [6.07, 6.45) is 3.27. The number of aliphatic hydroxyl groups excluding tert-OH is 1. The lowest BCUT2D eigenvalue weighted by molar-refractivity contribution is 0.0986. The summed E-state index contributed by atoms with van der Waals surface area (Å²) in [6.45, 7) is 4.33. The highest BCUT2D eigenvalue weighted by molar-refractivity contribution is 6.05. The van der Waals surface area contributed by atoms with Crippen molar-refractivity contribution in [3.63, 3.8) is 0 Å². The van der Waals surface area contributed by atoms with Crippen LogP contribution in [0.1, 0.15) is 36.2 Å². The number of aliphatic hydroxyl groups is 1. The van der Waals surface area contributed by atoms with E-state index < -0.39 is 0 Å². The highest BCUT2D eigenvalue weighted by Gasteiger charge is 2.24. The second-order valence-corrected chi connectivity index (χ2v) is 6.70. The normalized spacial score (nSPS) is 17.0. The second-order valence-electron chi connectivity index (χ2n) is 6.70. The Labute approximate surface area is 153 Å². The van der Waals surface area contributed by atoms with Gasteiger partial charge in [0.2, 0.25) is 0 Å². The van der Waals surface area contributed by atoms with Gasteiger partial charge < -0.3 is 20.1 Å². The zero-order valence-electron chi connectivity index (χ0n) is 15.3. The molecule has 1 saturated heterocycles. The number of benzene rings is 1. The molecule has 0 unspecified atom stereocenters. The fourth-order valence-electron chi connectivity index (χ4n) is 3.44. The third kappa shape index (κ3) is 4.23. The molecule has 0 saturated carbocycles. The molecule has 26 heavy (non-hydrogen) atoms. The third-order valence-corrected chi connectivity index (χ3v) is 4.69. The molecule has 2 heterocycles. The Morgan fingerprint density at radius 2 is 2.08 bits per heavy atom. The topological polar surface area (TPSA) is 79.6 Å². The number of methoxy groups -OCH3 is 1. The predicted molar refractivity (Wildman–Crippen MR) is 99.6 cm³/mol. The van der Waals surface area contributed by atoms with Gasteiger partial charge in [0.05, 0.1) is 31.0 Å². The molecule has 2 N–H and O–H groups in total. The van der Waals surface area contributed by atoms with Crippen LogP contribution in [0.4, 0.5) is 5.82 Å². The Bertz CT molecular complexity index is 736. The van der Waals surface area contributed by atoms with Crippen molar-refractivity contribution in [2.24, 2.45) is 0 Å². The fraction of sp³-hybridized carbons (Fsp3) is 0.474. The average molecular weight is 358 g/mol. The number of nitrogens with zero attached hydrogens (tertiary/aromatic N) is 3. The number of hydrogen-bond acceptors (Lipinski definition) is 5. The molecule has 1 amide bonds. The molecule has 140 valence electrons. The summed E-state index contributed by atoms with van der Waals surface area (Å²) in [7, 11) is 1.55. The van der Waals surface area contributed by atoms with Gasteiger partial charge >= 0.3 is 0 Å². The van der Waals surface area contributed by atoms with Crippen molar-refractivity contribution in [3.8, 4) is 5.75 Å². The maximum Gasteiger partial charge on any atom is 0.260 e. The predicted octanol–water partition coefficient (Wildman–Crippen LogP) is 2.16. The number of rotatable bonds is 6. The van der Waals surface area contributed by atoms with Gasteiger partial charge in [0.15, 0.2) is 0 Å². The summed E-state index contributed by atoms with van der Waals surface area (Å²) >= 11 is 0. The van der Waals surface area contributed by atoms with E-state index in [0.717, 1.165) is 25.9 Å². The minimum absolute atomic E-state index is 0.212. The number of ether oxygens (including phenoxy) is 1. The van der Waals surface area contributed by atoms with Gasteiger partial charge in [0.1, 0.15) is 11.6 Å². The van der Waals surface area contributed by atoms with E-state index in [9.17, 15) is 9.90 Å². The summed E-state index contributed by atoms with van der Waals surface area (Å²) in [4.78, 5) is 14.9. The molecule has 1 aliphatic rings. The molecular formula is C19H26N4O3. The lowest BCUT2D eigenvalue weighted by atomic mass is 10.0. The minimum Gasteiger partial charge on any atom is -0.496 e. The van der Waals surface area contributed by atoms with Crippen LogP contribution in [-0.2, 0) is 0 Å². The van der Waals surface area contributed by atoms with Crippen LogP contribution in [-0.4, -0.2) is 58.5 Å². The summed E-state index contributed by atoms with van der Waals surface area (Å²) in [5, 5.41) is 16.9. The van der Waals surface area contributed by atoms with Crippen LogP contribution in [0.25, 0.3) is 0 Å². The molecule has 0 aliphatic carbocycles. The van der Waals surface area contributed by atoms with Crippen LogP contribution in [0.5, 0.6) is 5.75 Å². The van der Waals surface area contributed by atoms with E-state index in [-0.39, 0.29) is 18.1 Å². The number of nitrogens with one attached hydrogen (secondary N) is 1. The Morgan fingerprint density at radius 3 is 2.77 bits per heavy atom. The maximum atomic E-state index is 12.6. The molecule has 1 atom stereocenters. The number of hydrogen-bond donors (Lipinski definition) is 2. The lowest BCUT2D eigenvalue weighted by Crippen LogP contribution is -2.39. The molecule has 1 aliphatic heterocycles. The summed E-state index contributed by atoms with van der Waals surface area (Å²) in [5.41, 5.74) is 0.495. The van der Waals surface area contributed by atoms with E-state index >= 15 is 0 Å². The van der Waals surface area contributed by atoms with Crippen molar-refractivity contribution in [1.82, 2.24) is 14.7 Å². The molecule has 1 fully saturated rings. The quantitative estimate of drug-likeness (QED) is 0.827. The van der Waals surface area contributed by atoms with E-state index in [0.29, 0.717) is 23.7 Å². The monoisotopic (exact) mass is 358 g/mol. The van der Waals surface area contributed by atoms with E-state index in [1.807, 2.05) is 29.8 Å². The zero-order valence-corrected chi connectivity index (χ0v) is 15.3. The first-order valence-corrected chi connectivity index (χ1v) is 8.96. The van der Waals surface area contributed by atoms with Gasteiger partial charge in [0, 0.05) is 25.7 Å².